The maximum absolute atomic E-state index is 12.8. The number of carbonyl (C=O) groups excluding carboxylic acids is 3. The first-order valence-corrected chi connectivity index (χ1v) is 25.6. The zero-order chi connectivity index (χ0) is 42.7. The summed E-state index contributed by atoms with van der Waals surface area (Å²) in [4.78, 5) is 37.9. The number of hydrogen-bond donors (Lipinski definition) is 0. The van der Waals surface area contributed by atoms with Crippen molar-refractivity contribution in [2.24, 2.45) is 17.8 Å². The predicted molar refractivity (Wildman–Crippen MR) is 247 cm³/mol. The topological polar surface area (TPSA) is 78.9 Å². The first kappa shape index (κ1) is 56.4. The summed E-state index contributed by atoms with van der Waals surface area (Å²) in [6.07, 6.45) is 42.3. The highest BCUT2D eigenvalue weighted by Crippen LogP contribution is 2.18. The van der Waals surface area contributed by atoms with Crippen LogP contribution in [0.3, 0.4) is 0 Å². The van der Waals surface area contributed by atoms with Crippen molar-refractivity contribution >= 4 is 17.9 Å². The molecule has 58 heavy (non-hydrogen) atoms. The molecule has 6 heteroatoms. The van der Waals surface area contributed by atoms with E-state index in [1.165, 1.54) is 161 Å². The molecule has 0 aromatic heterocycles. The van der Waals surface area contributed by atoms with Crippen molar-refractivity contribution in [2.75, 3.05) is 13.2 Å². The van der Waals surface area contributed by atoms with E-state index >= 15 is 0 Å². The van der Waals surface area contributed by atoms with Crippen LogP contribution in [0.2, 0.25) is 0 Å². The number of ether oxygens (including phenoxy) is 3. The first-order chi connectivity index (χ1) is 28.1. The molecule has 0 aliphatic rings. The van der Waals surface area contributed by atoms with E-state index in [4.69, 9.17) is 14.2 Å². The summed E-state index contributed by atoms with van der Waals surface area (Å²) >= 11 is 0. The molecule has 0 aliphatic heterocycles. The maximum atomic E-state index is 12.8. The molecule has 0 amide bonds. The van der Waals surface area contributed by atoms with Crippen molar-refractivity contribution in [3.63, 3.8) is 0 Å². The number of carbonyl (C=O) groups is 3. The Kier molecular flexibility index (Phi) is 42.3. The Hall–Kier alpha value is -1.59. The van der Waals surface area contributed by atoms with Crippen molar-refractivity contribution in [3.05, 3.63) is 0 Å². The maximum Gasteiger partial charge on any atom is 0.306 e. The molecule has 0 radical (unpaired) electrons. The molecule has 0 aromatic carbocycles. The summed E-state index contributed by atoms with van der Waals surface area (Å²) in [7, 11) is 0. The van der Waals surface area contributed by atoms with Crippen LogP contribution in [0.4, 0.5) is 0 Å². The number of rotatable bonds is 45. The molecule has 1 unspecified atom stereocenters. The molecule has 0 spiro atoms. The van der Waals surface area contributed by atoms with Gasteiger partial charge in [0.1, 0.15) is 13.2 Å². The van der Waals surface area contributed by atoms with E-state index in [0.717, 1.165) is 75.5 Å². The zero-order valence-corrected chi connectivity index (χ0v) is 39.8. The second-order valence-electron chi connectivity index (χ2n) is 19.0. The van der Waals surface area contributed by atoms with Crippen LogP contribution in [0.1, 0.15) is 279 Å². The summed E-state index contributed by atoms with van der Waals surface area (Å²) in [5, 5.41) is 0. The standard InChI is InChI=1S/C52H100O6/c1-7-48(6)40-34-28-24-25-30-36-42-51(54)57-45-49(58-52(55)43-37-31-23-19-15-11-9-13-17-21-27-33-39-47(4)5)44-56-50(53)41-35-29-22-18-14-10-8-12-16-20-26-32-38-46(2)3/h46-49H,7-45H2,1-6H3/t48?,49-/m1/s1. The summed E-state index contributed by atoms with van der Waals surface area (Å²) < 4.78 is 16.8. The quantitative estimate of drug-likeness (QED) is 0.0346. The fourth-order valence-electron chi connectivity index (χ4n) is 7.73. The van der Waals surface area contributed by atoms with Gasteiger partial charge in [-0.25, -0.2) is 0 Å². The summed E-state index contributed by atoms with van der Waals surface area (Å²) in [6, 6.07) is 0. The molecule has 344 valence electrons. The smallest absolute Gasteiger partial charge is 0.306 e. The van der Waals surface area contributed by atoms with Crippen LogP contribution < -0.4 is 0 Å². The van der Waals surface area contributed by atoms with Crippen molar-refractivity contribution in [2.45, 2.75) is 285 Å². The minimum absolute atomic E-state index is 0.0653. The summed E-state index contributed by atoms with van der Waals surface area (Å²) in [5.41, 5.74) is 0. The van der Waals surface area contributed by atoms with Crippen LogP contribution in [0.5, 0.6) is 0 Å². The molecule has 0 aliphatic carbocycles. The van der Waals surface area contributed by atoms with E-state index in [1.807, 2.05) is 0 Å². The molecular formula is C52H100O6. The molecule has 0 saturated carbocycles. The van der Waals surface area contributed by atoms with Gasteiger partial charge in [0.2, 0.25) is 0 Å². The van der Waals surface area contributed by atoms with Gasteiger partial charge in [0.25, 0.3) is 0 Å². The van der Waals surface area contributed by atoms with Crippen molar-refractivity contribution in [1.82, 2.24) is 0 Å². The van der Waals surface area contributed by atoms with Gasteiger partial charge < -0.3 is 14.2 Å². The monoisotopic (exact) mass is 821 g/mol. The third kappa shape index (κ3) is 44.0. The van der Waals surface area contributed by atoms with Gasteiger partial charge >= 0.3 is 17.9 Å². The molecule has 6 nitrogen and oxygen atoms in total. The van der Waals surface area contributed by atoms with Crippen molar-refractivity contribution in [3.8, 4) is 0 Å². The van der Waals surface area contributed by atoms with E-state index in [0.29, 0.717) is 19.3 Å². The molecule has 0 heterocycles. The van der Waals surface area contributed by atoms with Gasteiger partial charge in [0.15, 0.2) is 6.10 Å². The lowest BCUT2D eigenvalue weighted by molar-refractivity contribution is -0.167. The average molecular weight is 821 g/mol. The lowest BCUT2D eigenvalue weighted by Gasteiger charge is -2.18. The van der Waals surface area contributed by atoms with E-state index in [1.54, 1.807) is 0 Å². The minimum Gasteiger partial charge on any atom is -0.462 e. The minimum atomic E-state index is -0.763. The number of hydrogen-bond acceptors (Lipinski definition) is 6. The Balaban J connectivity index is 4.31. The Morgan fingerprint density at radius 1 is 0.345 bits per heavy atom. The van der Waals surface area contributed by atoms with Gasteiger partial charge in [-0.15, -0.1) is 0 Å². The Morgan fingerprint density at radius 3 is 0.897 bits per heavy atom. The summed E-state index contributed by atoms with van der Waals surface area (Å²) in [5.74, 6) is 1.62. The largest absolute Gasteiger partial charge is 0.462 e. The SMILES string of the molecule is CCC(C)CCCCCCCCC(=O)OC[C@@H](COC(=O)CCCCCCCCCCCCCCC(C)C)OC(=O)CCCCCCCCCCCCCCC(C)C. The number of unbranched alkanes of at least 4 members (excludes halogenated alkanes) is 27. The molecule has 0 saturated heterocycles. The fourth-order valence-corrected chi connectivity index (χ4v) is 7.73. The first-order valence-electron chi connectivity index (χ1n) is 25.6. The van der Waals surface area contributed by atoms with E-state index in [2.05, 4.69) is 41.5 Å². The lowest BCUT2D eigenvalue weighted by Crippen LogP contribution is -2.30. The fraction of sp³-hybridized carbons (Fsp3) is 0.942. The normalized spacial score (nSPS) is 12.6. The highest BCUT2D eigenvalue weighted by Gasteiger charge is 2.19. The van der Waals surface area contributed by atoms with Gasteiger partial charge in [-0.05, 0) is 37.0 Å². The average Bonchev–Trinajstić information content (AvgIpc) is 3.19. The Bertz CT molecular complexity index is 900. The third-order valence-corrected chi connectivity index (χ3v) is 12.0. The third-order valence-electron chi connectivity index (χ3n) is 12.0. The van der Waals surface area contributed by atoms with E-state index in [9.17, 15) is 14.4 Å². The van der Waals surface area contributed by atoms with Crippen molar-refractivity contribution < 1.29 is 28.6 Å². The molecular weight excluding hydrogens is 721 g/mol. The molecule has 0 bridgehead atoms. The second-order valence-corrected chi connectivity index (χ2v) is 19.0. The second kappa shape index (κ2) is 43.5. The van der Waals surface area contributed by atoms with E-state index < -0.39 is 6.10 Å². The highest BCUT2D eigenvalue weighted by atomic mass is 16.6. The predicted octanol–water partition coefficient (Wildman–Crippen LogP) is 16.4. The number of esters is 3. The molecule has 0 rings (SSSR count). The van der Waals surface area contributed by atoms with Gasteiger partial charge in [0.05, 0.1) is 0 Å². The van der Waals surface area contributed by atoms with Crippen LogP contribution in [0.25, 0.3) is 0 Å². The van der Waals surface area contributed by atoms with Crippen LogP contribution in [0, 0.1) is 17.8 Å². The van der Waals surface area contributed by atoms with Gasteiger partial charge in [-0.3, -0.25) is 14.4 Å². The molecule has 0 aromatic rings. The van der Waals surface area contributed by atoms with Crippen LogP contribution in [-0.2, 0) is 28.6 Å². The van der Waals surface area contributed by atoms with Crippen LogP contribution in [-0.4, -0.2) is 37.2 Å². The van der Waals surface area contributed by atoms with Crippen molar-refractivity contribution in [1.29, 1.82) is 0 Å². The van der Waals surface area contributed by atoms with Gasteiger partial charge in [-0.1, -0.05) is 241 Å². The zero-order valence-electron chi connectivity index (χ0n) is 39.8. The summed E-state index contributed by atoms with van der Waals surface area (Å²) in [6.45, 7) is 13.7. The molecule has 2 atom stereocenters. The lowest BCUT2D eigenvalue weighted by atomic mass is 10.00. The highest BCUT2D eigenvalue weighted by molar-refractivity contribution is 5.71. The van der Waals surface area contributed by atoms with E-state index in [-0.39, 0.29) is 31.1 Å². The van der Waals surface area contributed by atoms with Crippen LogP contribution >= 0.6 is 0 Å². The van der Waals surface area contributed by atoms with Gasteiger partial charge in [-0.2, -0.15) is 0 Å². The molecule has 0 N–H and O–H groups in total. The van der Waals surface area contributed by atoms with Crippen LogP contribution in [0.15, 0.2) is 0 Å². The molecule has 0 fully saturated rings. The Morgan fingerprint density at radius 2 is 0.603 bits per heavy atom. The van der Waals surface area contributed by atoms with Gasteiger partial charge in [0, 0.05) is 19.3 Å². The Labute approximate surface area is 361 Å².